The largest absolute Gasteiger partial charge is 0.348 e. The molecule has 2 aromatic heterocycles. The minimum atomic E-state index is -0.106. The molecule has 0 spiro atoms. The van der Waals surface area contributed by atoms with E-state index in [1.165, 1.54) is 6.42 Å². The molecule has 2 N–H and O–H groups in total. The maximum Gasteiger partial charge on any atom is 0.269 e. The van der Waals surface area contributed by atoms with Gasteiger partial charge >= 0.3 is 0 Å². The normalized spacial score (nSPS) is 12.6. The number of hydrogen-bond acceptors (Lipinski definition) is 3. The maximum absolute atomic E-state index is 12.4. The standard InChI is InChI=1S/C18H29N5O/c1-11(2)8-7-9-12(3)19-18(24)16-10-15(20-21-16)17-13(4)22-23(6)14(17)5/h10-12H,7-9H2,1-6H3,(H,19,24)(H,20,21). The topological polar surface area (TPSA) is 75.6 Å². The molecule has 2 rings (SSSR count). The molecule has 0 radical (unpaired) electrons. The maximum atomic E-state index is 12.4. The predicted octanol–water partition coefficient (Wildman–Crippen LogP) is 3.37. The van der Waals surface area contributed by atoms with E-state index >= 15 is 0 Å². The second-order valence-electron chi connectivity index (χ2n) is 7.04. The van der Waals surface area contributed by atoms with Crippen molar-refractivity contribution in [3.8, 4) is 11.3 Å². The number of aromatic amines is 1. The van der Waals surface area contributed by atoms with Crippen molar-refractivity contribution in [3.05, 3.63) is 23.1 Å². The zero-order valence-corrected chi connectivity index (χ0v) is 15.6. The molecule has 132 valence electrons. The summed E-state index contributed by atoms with van der Waals surface area (Å²) in [6.07, 6.45) is 3.31. The van der Waals surface area contributed by atoms with Crippen molar-refractivity contribution in [2.24, 2.45) is 13.0 Å². The van der Waals surface area contributed by atoms with E-state index in [0.29, 0.717) is 11.6 Å². The molecule has 2 aromatic rings. The predicted molar refractivity (Wildman–Crippen MR) is 95.9 cm³/mol. The van der Waals surface area contributed by atoms with Crippen LogP contribution in [-0.2, 0) is 7.05 Å². The molecule has 24 heavy (non-hydrogen) atoms. The molecule has 1 unspecified atom stereocenters. The zero-order valence-electron chi connectivity index (χ0n) is 15.6. The summed E-state index contributed by atoms with van der Waals surface area (Å²) in [5.41, 5.74) is 4.18. The van der Waals surface area contributed by atoms with Crippen molar-refractivity contribution in [2.45, 2.75) is 59.9 Å². The Bertz CT molecular complexity index is 698. The lowest BCUT2D eigenvalue weighted by molar-refractivity contribution is 0.0932. The Labute approximate surface area is 144 Å². The number of hydrogen-bond donors (Lipinski definition) is 2. The van der Waals surface area contributed by atoms with Crippen molar-refractivity contribution < 1.29 is 4.79 Å². The summed E-state index contributed by atoms with van der Waals surface area (Å²) in [4.78, 5) is 12.4. The van der Waals surface area contributed by atoms with Gasteiger partial charge in [-0.25, -0.2) is 0 Å². The third kappa shape index (κ3) is 4.24. The molecule has 0 saturated heterocycles. The summed E-state index contributed by atoms with van der Waals surface area (Å²) in [6.45, 7) is 10.4. The molecule has 0 aliphatic carbocycles. The molecular formula is C18H29N5O. The number of rotatable bonds is 7. The van der Waals surface area contributed by atoms with E-state index in [1.807, 2.05) is 32.5 Å². The fourth-order valence-electron chi connectivity index (χ4n) is 2.92. The van der Waals surface area contributed by atoms with Gasteiger partial charge in [-0.3, -0.25) is 14.6 Å². The third-order valence-electron chi connectivity index (χ3n) is 4.38. The first-order chi connectivity index (χ1) is 11.3. The minimum absolute atomic E-state index is 0.106. The molecule has 6 heteroatoms. The van der Waals surface area contributed by atoms with Crippen LogP contribution < -0.4 is 5.32 Å². The van der Waals surface area contributed by atoms with Crippen LogP contribution in [0.25, 0.3) is 11.3 Å². The van der Waals surface area contributed by atoms with Gasteiger partial charge in [0.1, 0.15) is 5.69 Å². The Morgan fingerprint density at radius 1 is 1.29 bits per heavy atom. The monoisotopic (exact) mass is 331 g/mol. The zero-order chi connectivity index (χ0) is 17.9. The number of carbonyl (C=O) groups is 1. The van der Waals surface area contributed by atoms with Crippen molar-refractivity contribution in [1.29, 1.82) is 0 Å². The lowest BCUT2D eigenvalue weighted by Crippen LogP contribution is -2.32. The SMILES string of the molecule is Cc1nn(C)c(C)c1-c1cc(C(=O)NC(C)CCCC(C)C)[nH]n1. The van der Waals surface area contributed by atoms with Crippen LogP contribution in [0.5, 0.6) is 0 Å². The van der Waals surface area contributed by atoms with Crippen molar-refractivity contribution in [1.82, 2.24) is 25.3 Å². The van der Waals surface area contributed by atoms with Gasteiger partial charge in [0.15, 0.2) is 0 Å². The van der Waals surface area contributed by atoms with E-state index in [4.69, 9.17) is 0 Å². The van der Waals surface area contributed by atoms with Crippen molar-refractivity contribution in [2.75, 3.05) is 0 Å². The van der Waals surface area contributed by atoms with E-state index in [9.17, 15) is 4.79 Å². The number of H-pyrrole nitrogens is 1. The van der Waals surface area contributed by atoms with Gasteiger partial charge in [-0.1, -0.05) is 26.7 Å². The highest BCUT2D eigenvalue weighted by atomic mass is 16.2. The molecule has 1 atom stereocenters. The van der Waals surface area contributed by atoms with Gasteiger partial charge in [-0.2, -0.15) is 10.2 Å². The first-order valence-electron chi connectivity index (χ1n) is 8.66. The van der Waals surface area contributed by atoms with E-state index < -0.39 is 0 Å². The highest BCUT2D eigenvalue weighted by Gasteiger charge is 2.18. The summed E-state index contributed by atoms with van der Waals surface area (Å²) >= 11 is 0. The highest BCUT2D eigenvalue weighted by Crippen LogP contribution is 2.25. The molecule has 2 heterocycles. The van der Waals surface area contributed by atoms with Gasteiger partial charge in [0, 0.05) is 24.3 Å². The lowest BCUT2D eigenvalue weighted by Gasteiger charge is -2.13. The Morgan fingerprint density at radius 3 is 2.58 bits per heavy atom. The average molecular weight is 331 g/mol. The van der Waals surface area contributed by atoms with E-state index in [1.54, 1.807) is 6.07 Å². The van der Waals surface area contributed by atoms with Crippen LogP contribution in [0.15, 0.2) is 6.07 Å². The molecular weight excluding hydrogens is 302 g/mol. The van der Waals surface area contributed by atoms with Crippen LogP contribution in [0.3, 0.4) is 0 Å². The molecule has 0 aliphatic heterocycles. The van der Waals surface area contributed by atoms with Crippen molar-refractivity contribution in [3.63, 3.8) is 0 Å². The molecule has 0 fully saturated rings. The van der Waals surface area contributed by atoms with Gasteiger partial charge in [0.2, 0.25) is 0 Å². The van der Waals surface area contributed by atoms with Gasteiger partial charge in [0.05, 0.1) is 11.4 Å². The molecule has 0 saturated carbocycles. The van der Waals surface area contributed by atoms with E-state index in [0.717, 1.165) is 35.5 Å². The quantitative estimate of drug-likeness (QED) is 0.817. The molecule has 1 amide bonds. The van der Waals surface area contributed by atoms with Gasteiger partial charge in [0.25, 0.3) is 5.91 Å². The fraction of sp³-hybridized carbons (Fsp3) is 0.611. The van der Waals surface area contributed by atoms with Crippen LogP contribution >= 0.6 is 0 Å². The Hall–Kier alpha value is -2.11. The summed E-state index contributed by atoms with van der Waals surface area (Å²) in [7, 11) is 1.91. The summed E-state index contributed by atoms with van der Waals surface area (Å²) in [5.74, 6) is 0.596. The fourth-order valence-corrected chi connectivity index (χ4v) is 2.92. The molecule has 6 nitrogen and oxygen atoms in total. The van der Waals surface area contributed by atoms with Crippen LogP contribution in [0.4, 0.5) is 0 Å². The number of aromatic nitrogens is 4. The van der Waals surface area contributed by atoms with Gasteiger partial charge < -0.3 is 5.32 Å². The number of amides is 1. The van der Waals surface area contributed by atoms with Gasteiger partial charge in [-0.05, 0) is 39.2 Å². The number of carbonyl (C=O) groups excluding carboxylic acids is 1. The Morgan fingerprint density at radius 2 is 2.00 bits per heavy atom. The van der Waals surface area contributed by atoms with Crippen LogP contribution in [-0.4, -0.2) is 31.9 Å². The van der Waals surface area contributed by atoms with E-state index in [2.05, 4.69) is 34.5 Å². The lowest BCUT2D eigenvalue weighted by atomic mass is 10.0. The number of nitrogens with zero attached hydrogens (tertiary/aromatic N) is 3. The van der Waals surface area contributed by atoms with Crippen molar-refractivity contribution >= 4 is 5.91 Å². The van der Waals surface area contributed by atoms with Crippen LogP contribution in [0, 0.1) is 19.8 Å². The average Bonchev–Trinajstić information content (AvgIpc) is 3.04. The third-order valence-corrected chi connectivity index (χ3v) is 4.38. The molecule has 0 aromatic carbocycles. The number of aryl methyl sites for hydroxylation is 2. The first-order valence-corrected chi connectivity index (χ1v) is 8.66. The van der Waals surface area contributed by atoms with Crippen LogP contribution in [0.1, 0.15) is 61.9 Å². The first kappa shape index (κ1) is 18.2. The Balaban J connectivity index is 2.01. The summed E-state index contributed by atoms with van der Waals surface area (Å²) in [6, 6.07) is 1.96. The van der Waals surface area contributed by atoms with Gasteiger partial charge in [-0.15, -0.1) is 0 Å². The van der Waals surface area contributed by atoms with Crippen LogP contribution in [0.2, 0.25) is 0 Å². The van der Waals surface area contributed by atoms with E-state index in [-0.39, 0.29) is 11.9 Å². The Kier molecular flexibility index (Phi) is 5.80. The summed E-state index contributed by atoms with van der Waals surface area (Å²) < 4.78 is 1.83. The summed E-state index contributed by atoms with van der Waals surface area (Å²) in [5, 5.41) is 14.6. The highest BCUT2D eigenvalue weighted by molar-refractivity contribution is 5.93. The minimum Gasteiger partial charge on any atom is -0.348 e. The molecule has 0 aliphatic rings. The molecule has 0 bridgehead atoms. The second-order valence-corrected chi connectivity index (χ2v) is 7.04. The second kappa shape index (κ2) is 7.64. The number of nitrogens with one attached hydrogen (secondary N) is 2. The smallest absolute Gasteiger partial charge is 0.269 e.